The Labute approximate surface area is 120 Å². The summed E-state index contributed by atoms with van der Waals surface area (Å²) in [5, 5.41) is 0. The molecule has 0 spiro atoms. The molecule has 3 heteroatoms. The summed E-state index contributed by atoms with van der Waals surface area (Å²) < 4.78 is 11.5. The van der Waals surface area contributed by atoms with E-state index in [1.807, 2.05) is 31.2 Å². The van der Waals surface area contributed by atoms with Crippen LogP contribution in [0.1, 0.15) is 37.6 Å². The van der Waals surface area contributed by atoms with Crippen molar-refractivity contribution in [3.63, 3.8) is 0 Å². The van der Waals surface area contributed by atoms with Gasteiger partial charge in [-0.25, -0.2) is 4.79 Å². The zero-order chi connectivity index (χ0) is 14.8. The average molecular weight is 274 g/mol. The molecule has 1 saturated heterocycles. The Hall–Kier alpha value is -1.61. The van der Waals surface area contributed by atoms with Gasteiger partial charge in [0.05, 0.1) is 17.1 Å². The third-order valence-electron chi connectivity index (χ3n) is 4.41. The zero-order valence-corrected chi connectivity index (χ0v) is 12.3. The van der Waals surface area contributed by atoms with Gasteiger partial charge in [0, 0.05) is 0 Å². The lowest BCUT2D eigenvalue weighted by molar-refractivity contribution is -0.129. The monoisotopic (exact) mass is 274 g/mol. The SMILES string of the molecule is C=C[C@@]1(C)C(OC(=O)c2ccccc2)O[C@H](CC)[C@H]1C. The smallest absolute Gasteiger partial charge is 0.340 e. The summed E-state index contributed by atoms with van der Waals surface area (Å²) in [6, 6.07) is 8.98. The van der Waals surface area contributed by atoms with E-state index in [2.05, 4.69) is 20.4 Å². The Kier molecular flexibility index (Phi) is 4.29. The van der Waals surface area contributed by atoms with Gasteiger partial charge in [0.15, 0.2) is 0 Å². The Bertz CT molecular complexity index is 482. The first-order valence-corrected chi connectivity index (χ1v) is 7.08. The molecule has 0 saturated carbocycles. The van der Waals surface area contributed by atoms with Gasteiger partial charge in [-0.1, -0.05) is 38.1 Å². The fourth-order valence-electron chi connectivity index (χ4n) is 2.66. The van der Waals surface area contributed by atoms with E-state index in [4.69, 9.17) is 9.47 Å². The highest BCUT2D eigenvalue weighted by Crippen LogP contribution is 2.45. The van der Waals surface area contributed by atoms with Crippen LogP contribution < -0.4 is 0 Å². The first-order valence-electron chi connectivity index (χ1n) is 7.08. The first kappa shape index (κ1) is 14.8. The van der Waals surface area contributed by atoms with Crippen molar-refractivity contribution in [2.75, 3.05) is 0 Å². The number of ether oxygens (including phenoxy) is 2. The van der Waals surface area contributed by atoms with Gasteiger partial charge in [0.1, 0.15) is 0 Å². The number of benzene rings is 1. The molecule has 0 amide bonds. The molecule has 1 heterocycles. The molecular formula is C17H22O3. The predicted molar refractivity (Wildman–Crippen MR) is 78.3 cm³/mol. The van der Waals surface area contributed by atoms with Gasteiger partial charge < -0.3 is 9.47 Å². The second-order valence-corrected chi connectivity index (χ2v) is 5.54. The normalized spacial score (nSPS) is 32.9. The lowest BCUT2D eigenvalue weighted by atomic mass is 9.76. The van der Waals surface area contributed by atoms with Crippen molar-refractivity contribution in [2.45, 2.75) is 39.6 Å². The van der Waals surface area contributed by atoms with E-state index in [0.29, 0.717) is 5.56 Å². The van der Waals surface area contributed by atoms with Gasteiger partial charge in [-0.05, 0) is 31.4 Å². The fourth-order valence-corrected chi connectivity index (χ4v) is 2.66. The topological polar surface area (TPSA) is 35.5 Å². The summed E-state index contributed by atoms with van der Waals surface area (Å²) in [5.41, 5.74) is 0.181. The zero-order valence-electron chi connectivity index (χ0n) is 12.3. The van der Waals surface area contributed by atoms with E-state index in [0.717, 1.165) is 6.42 Å². The number of hydrogen-bond donors (Lipinski definition) is 0. The summed E-state index contributed by atoms with van der Waals surface area (Å²) >= 11 is 0. The Balaban J connectivity index is 2.16. The second-order valence-electron chi connectivity index (χ2n) is 5.54. The van der Waals surface area contributed by atoms with Crippen LogP contribution in [0.5, 0.6) is 0 Å². The third kappa shape index (κ3) is 2.50. The summed E-state index contributed by atoms with van der Waals surface area (Å²) in [6.45, 7) is 10.1. The van der Waals surface area contributed by atoms with Crippen LogP contribution >= 0.6 is 0 Å². The predicted octanol–water partition coefficient (Wildman–Crippen LogP) is 3.81. The summed E-state index contributed by atoms with van der Waals surface area (Å²) in [7, 11) is 0. The molecule has 0 N–H and O–H groups in total. The molecule has 1 aromatic carbocycles. The minimum absolute atomic E-state index is 0.0894. The van der Waals surface area contributed by atoms with Crippen molar-refractivity contribution >= 4 is 5.97 Å². The molecule has 1 aromatic rings. The molecule has 0 bridgehead atoms. The van der Waals surface area contributed by atoms with E-state index >= 15 is 0 Å². The maximum absolute atomic E-state index is 12.2. The number of rotatable bonds is 4. The number of hydrogen-bond acceptors (Lipinski definition) is 3. The molecule has 2 rings (SSSR count). The molecule has 1 aliphatic heterocycles. The second kappa shape index (κ2) is 5.80. The van der Waals surface area contributed by atoms with Crippen molar-refractivity contribution in [1.82, 2.24) is 0 Å². The molecule has 1 aliphatic rings. The van der Waals surface area contributed by atoms with E-state index < -0.39 is 6.29 Å². The van der Waals surface area contributed by atoms with Crippen molar-refractivity contribution in [3.8, 4) is 0 Å². The molecular weight excluding hydrogens is 252 g/mol. The maximum atomic E-state index is 12.2. The van der Waals surface area contributed by atoms with E-state index in [9.17, 15) is 4.79 Å². The molecule has 1 fully saturated rings. The van der Waals surface area contributed by atoms with Crippen LogP contribution in [-0.2, 0) is 9.47 Å². The minimum atomic E-state index is -0.576. The third-order valence-corrected chi connectivity index (χ3v) is 4.41. The van der Waals surface area contributed by atoms with E-state index in [1.54, 1.807) is 12.1 Å². The van der Waals surface area contributed by atoms with Crippen molar-refractivity contribution in [1.29, 1.82) is 0 Å². The lowest BCUT2D eigenvalue weighted by Gasteiger charge is -2.29. The van der Waals surface area contributed by atoms with Crippen LogP contribution in [0.3, 0.4) is 0 Å². The Morgan fingerprint density at radius 1 is 1.45 bits per heavy atom. The molecule has 4 atom stereocenters. The van der Waals surface area contributed by atoms with Gasteiger partial charge in [0.2, 0.25) is 6.29 Å². The quantitative estimate of drug-likeness (QED) is 0.618. The summed E-state index contributed by atoms with van der Waals surface area (Å²) in [5.74, 6) is -0.0915. The van der Waals surface area contributed by atoms with Crippen LogP contribution in [0.15, 0.2) is 43.0 Å². The van der Waals surface area contributed by atoms with Crippen LogP contribution in [-0.4, -0.2) is 18.4 Å². The number of carbonyl (C=O) groups excluding carboxylic acids is 1. The largest absolute Gasteiger partial charge is 0.431 e. The molecule has 108 valence electrons. The Morgan fingerprint density at radius 2 is 2.10 bits per heavy atom. The van der Waals surface area contributed by atoms with E-state index in [-0.39, 0.29) is 23.4 Å². The number of esters is 1. The highest BCUT2D eigenvalue weighted by atomic mass is 16.7. The molecule has 3 nitrogen and oxygen atoms in total. The molecule has 0 radical (unpaired) electrons. The Morgan fingerprint density at radius 3 is 2.65 bits per heavy atom. The van der Waals surface area contributed by atoms with Crippen LogP contribution in [0.2, 0.25) is 0 Å². The van der Waals surface area contributed by atoms with Crippen LogP contribution in [0.4, 0.5) is 0 Å². The van der Waals surface area contributed by atoms with Gasteiger partial charge in [-0.15, -0.1) is 6.58 Å². The highest BCUT2D eigenvalue weighted by molar-refractivity contribution is 5.89. The maximum Gasteiger partial charge on any atom is 0.340 e. The van der Waals surface area contributed by atoms with Gasteiger partial charge in [-0.3, -0.25) is 0 Å². The summed E-state index contributed by atoms with van der Waals surface area (Å²) in [4.78, 5) is 12.2. The van der Waals surface area contributed by atoms with Crippen LogP contribution in [0.25, 0.3) is 0 Å². The standard InChI is InChI=1S/C17H22O3/c1-5-14-12(3)17(4,6-2)16(19-14)20-15(18)13-10-8-7-9-11-13/h6-12,14,16H,2,5H2,1,3-4H3/t12-,14-,16?,17-/m1/s1. The molecule has 0 aromatic heterocycles. The fraction of sp³-hybridized carbons (Fsp3) is 0.471. The van der Waals surface area contributed by atoms with Gasteiger partial charge in [-0.2, -0.15) is 0 Å². The van der Waals surface area contributed by atoms with E-state index in [1.165, 1.54) is 0 Å². The van der Waals surface area contributed by atoms with Crippen molar-refractivity contribution in [3.05, 3.63) is 48.6 Å². The molecule has 20 heavy (non-hydrogen) atoms. The van der Waals surface area contributed by atoms with Crippen LogP contribution in [0, 0.1) is 11.3 Å². The highest BCUT2D eigenvalue weighted by Gasteiger charge is 2.50. The summed E-state index contributed by atoms with van der Waals surface area (Å²) in [6.07, 6.45) is 2.25. The van der Waals surface area contributed by atoms with Crippen molar-refractivity contribution < 1.29 is 14.3 Å². The van der Waals surface area contributed by atoms with Gasteiger partial charge >= 0.3 is 5.97 Å². The molecule has 0 aliphatic carbocycles. The average Bonchev–Trinajstić information content (AvgIpc) is 2.73. The first-order chi connectivity index (χ1) is 9.52. The lowest BCUT2D eigenvalue weighted by Crippen LogP contribution is -2.34. The molecule has 1 unspecified atom stereocenters. The number of carbonyl (C=O) groups is 1. The minimum Gasteiger partial charge on any atom is -0.431 e. The van der Waals surface area contributed by atoms with Gasteiger partial charge in [0.25, 0.3) is 0 Å². The van der Waals surface area contributed by atoms with Crippen molar-refractivity contribution in [2.24, 2.45) is 11.3 Å².